The Bertz CT molecular complexity index is 1170. The number of benzene rings is 2. The molecule has 2 atom stereocenters. The average Bonchev–Trinajstić information content (AvgIpc) is 2.87. The molecule has 0 aliphatic carbocycles. The van der Waals surface area contributed by atoms with Gasteiger partial charge in [0.1, 0.15) is 5.75 Å². The van der Waals surface area contributed by atoms with Gasteiger partial charge in [0.15, 0.2) is 11.6 Å². The third kappa shape index (κ3) is 4.43. The number of piperidine rings is 2. The Morgan fingerprint density at radius 3 is 2.27 bits per heavy atom. The molecule has 2 aromatic rings. The topological polar surface area (TPSA) is 67.9 Å². The largest absolute Gasteiger partial charge is 0.496 e. The molecule has 2 saturated heterocycles. The van der Waals surface area contributed by atoms with Gasteiger partial charge in [-0.25, -0.2) is 8.78 Å². The fraction of sp³-hybridized carbons (Fsp3) is 0.462. The van der Waals surface area contributed by atoms with Gasteiger partial charge in [0.25, 0.3) is 11.5 Å². The molecule has 0 radical (unpaired) electrons. The Morgan fingerprint density at radius 2 is 1.70 bits per heavy atom. The number of carbonyl (C=O) groups is 2. The second-order valence-electron chi connectivity index (χ2n) is 9.41. The van der Waals surface area contributed by atoms with Crippen LogP contribution in [-0.4, -0.2) is 56.7 Å². The molecule has 6 nitrogen and oxygen atoms in total. The minimum Gasteiger partial charge on any atom is -0.496 e. The maximum atomic E-state index is 15.0. The summed E-state index contributed by atoms with van der Waals surface area (Å²) in [4.78, 5) is 26.9. The van der Waals surface area contributed by atoms with Crippen molar-refractivity contribution in [2.45, 2.75) is 37.0 Å². The third-order valence-electron chi connectivity index (χ3n) is 7.65. The maximum absolute atomic E-state index is 15.0. The second kappa shape index (κ2) is 9.92. The van der Waals surface area contributed by atoms with Crippen molar-refractivity contribution >= 4 is 11.8 Å². The lowest BCUT2D eigenvalue weighted by Crippen LogP contribution is -2.60. The van der Waals surface area contributed by atoms with Gasteiger partial charge in [0, 0.05) is 50.2 Å². The lowest BCUT2D eigenvalue weighted by atomic mass is 9.62. The molecule has 2 amide bonds. The van der Waals surface area contributed by atoms with Crippen molar-refractivity contribution < 1.29 is 41.0 Å². The fourth-order valence-corrected chi connectivity index (χ4v) is 5.70. The Labute approximate surface area is 210 Å². The summed E-state index contributed by atoms with van der Waals surface area (Å²) in [6.07, 6.45) is -4.91. The molecule has 2 heterocycles. The van der Waals surface area contributed by atoms with Crippen molar-refractivity contribution in [3.05, 3.63) is 65.2 Å². The van der Waals surface area contributed by atoms with Gasteiger partial charge in [-0.05, 0) is 30.4 Å². The highest BCUT2D eigenvalue weighted by molar-refractivity contribution is 5.88. The van der Waals surface area contributed by atoms with Crippen LogP contribution >= 0.6 is 0 Å². The Kier molecular flexibility index (Phi) is 7.20. The van der Waals surface area contributed by atoms with Crippen molar-refractivity contribution in [1.29, 1.82) is 0 Å². The first-order valence-electron chi connectivity index (χ1n) is 11.8. The van der Waals surface area contributed by atoms with Gasteiger partial charge in [0.05, 0.1) is 7.11 Å². The van der Waals surface area contributed by atoms with Crippen LogP contribution in [0.15, 0.2) is 42.5 Å². The Balaban J connectivity index is 1.68. The van der Waals surface area contributed by atoms with E-state index in [-0.39, 0.29) is 61.7 Å². The van der Waals surface area contributed by atoms with Gasteiger partial charge < -0.3 is 19.7 Å². The molecule has 0 bridgehead atoms. The number of hydrogen-bond donors (Lipinski definition) is 1. The number of halogens is 5. The smallest absolute Gasteiger partial charge is 0.430 e. The number of hydrogen-bond acceptors (Lipinski definition) is 4. The number of ether oxygens (including phenoxy) is 2. The van der Waals surface area contributed by atoms with E-state index in [1.54, 1.807) is 0 Å². The molecule has 11 heteroatoms. The van der Waals surface area contributed by atoms with Crippen LogP contribution in [0.4, 0.5) is 22.0 Å². The van der Waals surface area contributed by atoms with Gasteiger partial charge in [-0.1, -0.05) is 30.3 Å². The molecule has 2 fully saturated rings. The summed E-state index contributed by atoms with van der Waals surface area (Å²) in [7, 11) is 2.15. The molecule has 0 saturated carbocycles. The standard InChI is InChI=1S/C26H27F5N2O4/c1-36-19-9-8-18(27)22(28)21(19)17-15-32-20(34)14-24(17)10-12-33(13-11-24)23(35)25(37-2,26(29,30)31)16-6-4-3-5-7-16/h3-9,17H,10-15H2,1-2H3,(H,32,34)/t17?,25-/m1/s1. The number of nitrogens with one attached hydrogen (secondary N) is 1. The molecule has 200 valence electrons. The van der Waals surface area contributed by atoms with E-state index < -0.39 is 40.7 Å². The van der Waals surface area contributed by atoms with E-state index in [0.717, 1.165) is 18.1 Å². The number of alkyl halides is 3. The maximum Gasteiger partial charge on any atom is 0.430 e. The molecule has 2 aliphatic heterocycles. The Morgan fingerprint density at radius 1 is 1.05 bits per heavy atom. The van der Waals surface area contributed by atoms with Crippen molar-refractivity contribution in [2.24, 2.45) is 5.41 Å². The van der Waals surface area contributed by atoms with Crippen molar-refractivity contribution in [3.8, 4) is 5.75 Å². The molecular weight excluding hydrogens is 499 g/mol. The fourth-order valence-electron chi connectivity index (χ4n) is 5.70. The highest BCUT2D eigenvalue weighted by Crippen LogP contribution is 2.52. The number of rotatable bonds is 5. The lowest BCUT2D eigenvalue weighted by molar-refractivity contribution is -0.271. The number of likely N-dealkylation sites (tertiary alicyclic amines) is 1. The van der Waals surface area contributed by atoms with Gasteiger partial charge in [-0.2, -0.15) is 13.2 Å². The SMILES string of the molecule is COc1ccc(F)c(F)c1C1CNC(=O)CC12CCN(C(=O)[C@](OC)(c1ccccc1)C(F)(F)F)CC2. The van der Waals surface area contributed by atoms with Gasteiger partial charge >= 0.3 is 6.18 Å². The molecule has 2 aliphatic rings. The van der Waals surface area contributed by atoms with E-state index in [1.165, 1.54) is 43.5 Å². The number of amides is 2. The molecule has 1 unspecified atom stereocenters. The summed E-state index contributed by atoms with van der Waals surface area (Å²) >= 11 is 0. The average molecular weight is 527 g/mol. The van der Waals surface area contributed by atoms with Crippen LogP contribution in [0.5, 0.6) is 5.75 Å². The number of carbonyl (C=O) groups excluding carboxylic acids is 2. The number of nitrogens with zero attached hydrogens (tertiary/aromatic N) is 1. The van der Waals surface area contributed by atoms with Crippen molar-refractivity contribution in [2.75, 3.05) is 33.9 Å². The Hall–Kier alpha value is -3.21. The zero-order chi connectivity index (χ0) is 27.0. The van der Waals surface area contributed by atoms with Crippen molar-refractivity contribution in [1.82, 2.24) is 10.2 Å². The third-order valence-corrected chi connectivity index (χ3v) is 7.65. The molecular formula is C26H27F5N2O4. The van der Waals surface area contributed by atoms with E-state index in [4.69, 9.17) is 9.47 Å². The molecule has 1 spiro atoms. The minimum absolute atomic E-state index is 0.00190. The molecule has 4 rings (SSSR count). The van der Waals surface area contributed by atoms with Gasteiger partial charge in [-0.3, -0.25) is 9.59 Å². The first kappa shape index (κ1) is 26.8. The summed E-state index contributed by atoms with van der Waals surface area (Å²) in [6, 6.07) is 8.91. The quantitative estimate of drug-likeness (QED) is 0.591. The molecule has 0 aromatic heterocycles. The zero-order valence-electron chi connectivity index (χ0n) is 20.3. The van der Waals surface area contributed by atoms with Gasteiger partial charge in [0.2, 0.25) is 5.91 Å². The normalized spacial score (nSPS) is 21.3. The molecule has 1 N–H and O–H groups in total. The lowest BCUT2D eigenvalue weighted by Gasteiger charge is -2.50. The summed E-state index contributed by atoms with van der Waals surface area (Å²) in [5, 5.41) is 2.68. The summed E-state index contributed by atoms with van der Waals surface area (Å²) in [5.41, 5.74) is -4.51. The molecule has 2 aromatic carbocycles. The van der Waals surface area contributed by atoms with Crippen molar-refractivity contribution in [3.63, 3.8) is 0 Å². The van der Waals surface area contributed by atoms with E-state index in [9.17, 15) is 27.2 Å². The van der Waals surface area contributed by atoms with Crippen LogP contribution in [0.2, 0.25) is 0 Å². The first-order chi connectivity index (χ1) is 17.5. The van der Waals surface area contributed by atoms with Crippen LogP contribution < -0.4 is 10.1 Å². The predicted molar refractivity (Wildman–Crippen MR) is 123 cm³/mol. The van der Waals surface area contributed by atoms with Crippen LogP contribution in [-0.2, 0) is 19.9 Å². The highest BCUT2D eigenvalue weighted by Gasteiger charge is 2.64. The first-order valence-corrected chi connectivity index (χ1v) is 11.8. The summed E-state index contributed by atoms with van der Waals surface area (Å²) < 4.78 is 82.6. The van der Waals surface area contributed by atoms with Crippen LogP contribution in [0.25, 0.3) is 0 Å². The second-order valence-corrected chi connectivity index (χ2v) is 9.41. The monoisotopic (exact) mass is 526 g/mol. The van der Waals surface area contributed by atoms with E-state index in [0.29, 0.717) is 0 Å². The zero-order valence-corrected chi connectivity index (χ0v) is 20.3. The van der Waals surface area contributed by atoms with Gasteiger partial charge in [-0.15, -0.1) is 0 Å². The van der Waals surface area contributed by atoms with Crippen LogP contribution in [0, 0.1) is 17.0 Å². The molecule has 37 heavy (non-hydrogen) atoms. The van der Waals surface area contributed by atoms with Crippen LogP contribution in [0.1, 0.15) is 36.3 Å². The predicted octanol–water partition coefficient (Wildman–Crippen LogP) is 4.29. The summed E-state index contributed by atoms with van der Waals surface area (Å²) in [6.45, 7) is -0.260. The van der Waals surface area contributed by atoms with Crippen LogP contribution in [0.3, 0.4) is 0 Å². The van der Waals surface area contributed by atoms with E-state index in [1.807, 2.05) is 0 Å². The highest BCUT2D eigenvalue weighted by atomic mass is 19.4. The van der Waals surface area contributed by atoms with E-state index >= 15 is 4.39 Å². The summed E-state index contributed by atoms with van der Waals surface area (Å²) in [5.74, 6) is -4.35. The minimum atomic E-state index is -5.05. The number of methoxy groups -OCH3 is 2. The van der Waals surface area contributed by atoms with E-state index in [2.05, 4.69) is 5.32 Å².